The minimum Gasteiger partial charge on any atom is -0.465 e. The van der Waals surface area contributed by atoms with Gasteiger partial charge in [0.05, 0.1) is 12.7 Å². The van der Waals surface area contributed by atoms with Gasteiger partial charge in [0.2, 0.25) is 0 Å². The molecule has 1 aromatic rings. The first-order chi connectivity index (χ1) is 9.06. The van der Waals surface area contributed by atoms with E-state index in [1.165, 1.54) is 31.9 Å². The Bertz CT molecular complexity index is 497. The number of benzene rings is 1. The van der Waals surface area contributed by atoms with Gasteiger partial charge in [-0.05, 0) is 12.5 Å². The van der Waals surface area contributed by atoms with Gasteiger partial charge in [-0.3, -0.25) is 4.79 Å². The fourth-order valence-electron chi connectivity index (χ4n) is 1.43. The molecule has 0 aliphatic rings. The molecular weight excluding hydrogens is 267 g/mol. The minimum atomic E-state index is -0.695. The van der Waals surface area contributed by atoms with E-state index in [-0.39, 0.29) is 10.7 Å². The summed E-state index contributed by atoms with van der Waals surface area (Å²) in [5.41, 5.74) is 0.249. The molecule has 0 aromatic heterocycles. The number of esters is 1. The van der Waals surface area contributed by atoms with E-state index in [4.69, 9.17) is 0 Å². The lowest BCUT2D eigenvalue weighted by Crippen LogP contribution is -2.05. The molecule has 0 spiro atoms. The standard InChI is InChI=1S/C14H15FO3S/c1-10(16)19-9-4-3-6-11-7-5-8-12(13(11)15)14(17)18-2/h3,5-8H,4,9H2,1-2H3. The number of carbonyl (C=O) groups excluding carboxylic acids is 2. The van der Waals surface area contributed by atoms with Crippen LogP contribution in [0.3, 0.4) is 0 Å². The molecule has 0 aliphatic carbocycles. The van der Waals surface area contributed by atoms with Crippen LogP contribution in [0.25, 0.3) is 6.08 Å². The van der Waals surface area contributed by atoms with Crippen LogP contribution in [0, 0.1) is 5.82 Å². The van der Waals surface area contributed by atoms with Crippen LogP contribution in [0.15, 0.2) is 24.3 Å². The fraction of sp³-hybridized carbons (Fsp3) is 0.286. The van der Waals surface area contributed by atoms with Crippen LogP contribution in [0.4, 0.5) is 4.39 Å². The quantitative estimate of drug-likeness (QED) is 0.614. The Balaban J connectivity index is 2.71. The predicted octanol–water partition coefficient (Wildman–Crippen LogP) is 3.30. The van der Waals surface area contributed by atoms with Crippen molar-refractivity contribution in [1.82, 2.24) is 0 Å². The number of allylic oxidation sites excluding steroid dienone is 1. The van der Waals surface area contributed by atoms with Gasteiger partial charge < -0.3 is 4.74 Å². The zero-order valence-electron chi connectivity index (χ0n) is 10.8. The summed E-state index contributed by atoms with van der Waals surface area (Å²) in [6, 6.07) is 4.56. The third kappa shape index (κ3) is 4.87. The van der Waals surface area contributed by atoms with Crippen molar-refractivity contribution in [3.63, 3.8) is 0 Å². The van der Waals surface area contributed by atoms with Crippen molar-refractivity contribution in [3.8, 4) is 0 Å². The van der Waals surface area contributed by atoms with E-state index in [2.05, 4.69) is 4.74 Å². The smallest absolute Gasteiger partial charge is 0.340 e. The van der Waals surface area contributed by atoms with Gasteiger partial charge in [-0.25, -0.2) is 9.18 Å². The van der Waals surface area contributed by atoms with Gasteiger partial charge in [-0.15, -0.1) is 0 Å². The molecule has 0 aliphatic heterocycles. The lowest BCUT2D eigenvalue weighted by molar-refractivity contribution is -0.109. The number of rotatable bonds is 5. The zero-order valence-corrected chi connectivity index (χ0v) is 11.6. The number of hydrogen-bond donors (Lipinski definition) is 0. The largest absolute Gasteiger partial charge is 0.465 e. The number of halogens is 1. The van der Waals surface area contributed by atoms with Gasteiger partial charge in [0, 0.05) is 18.2 Å². The van der Waals surface area contributed by atoms with E-state index >= 15 is 0 Å². The third-order valence-electron chi connectivity index (χ3n) is 2.32. The van der Waals surface area contributed by atoms with Gasteiger partial charge in [-0.2, -0.15) is 0 Å². The maximum Gasteiger partial charge on any atom is 0.340 e. The average Bonchev–Trinajstić information content (AvgIpc) is 2.39. The molecule has 0 heterocycles. The molecule has 3 nitrogen and oxygen atoms in total. The van der Waals surface area contributed by atoms with E-state index < -0.39 is 11.8 Å². The number of thioether (sulfide) groups is 1. The lowest BCUT2D eigenvalue weighted by atomic mass is 10.1. The molecule has 0 atom stereocenters. The second kappa shape index (κ2) is 7.74. The molecule has 0 bridgehead atoms. The van der Waals surface area contributed by atoms with Gasteiger partial charge in [-0.1, -0.05) is 36.0 Å². The number of methoxy groups -OCH3 is 1. The Morgan fingerprint density at radius 1 is 1.42 bits per heavy atom. The molecule has 0 unspecified atom stereocenters. The summed E-state index contributed by atoms with van der Waals surface area (Å²) in [7, 11) is 1.21. The second-order valence-electron chi connectivity index (χ2n) is 3.73. The first kappa shape index (κ1) is 15.4. The molecule has 5 heteroatoms. The number of hydrogen-bond acceptors (Lipinski definition) is 4. The summed E-state index contributed by atoms with van der Waals surface area (Å²) in [5, 5.41) is 0.0623. The highest BCUT2D eigenvalue weighted by Gasteiger charge is 2.13. The van der Waals surface area contributed by atoms with Crippen molar-refractivity contribution in [3.05, 3.63) is 41.2 Å². The van der Waals surface area contributed by atoms with E-state index in [1.54, 1.807) is 24.3 Å². The summed E-state index contributed by atoms with van der Waals surface area (Å²) < 4.78 is 18.4. The molecule has 0 saturated carbocycles. The molecule has 0 N–H and O–H groups in total. The van der Waals surface area contributed by atoms with E-state index in [1.807, 2.05) is 0 Å². The highest BCUT2D eigenvalue weighted by molar-refractivity contribution is 8.13. The summed E-state index contributed by atoms with van der Waals surface area (Å²) >= 11 is 1.22. The molecule has 0 saturated heterocycles. The van der Waals surface area contributed by atoms with E-state index in [0.29, 0.717) is 17.7 Å². The van der Waals surface area contributed by atoms with Crippen molar-refractivity contribution >= 4 is 28.9 Å². The summed E-state index contributed by atoms with van der Waals surface area (Å²) in [6.45, 7) is 1.51. The molecule has 19 heavy (non-hydrogen) atoms. The van der Waals surface area contributed by atoms with Crippen LogP contribution in [0.2, 0.25) is 0 Å². The Morgan fingerprint density at radius 3 is 2.79 bits per heavy atom. The Kier molecular flexibility index (Phi) is 6.29. The second-order valence-corrected chi connectivity index (χ2v) is 5.00. The van der Waals surface area contributed by atoms with Crippen LogP contribution in [0.1, 0.15) is 29.3 Å². The minimum absolute atomic E-state index is 0.0623. The molecule has 102 valence electrons. The van der Waals surface area contributed by atoms with E-state index in [0.717, 1.165) is 0 Å². The molecule has 1 rings (SSSR count). The zero-order chi connectivity index (χ0) is 14.3. The van der Waals surface area contributed by atoms with Crippen LogP contribution in [-0.2, 0) is 9.53 Å². The normalized spacial score (nSPS) is 10.7. The highest BCUT2D eigenvalue weighted by Crippen LogP contribution is 2.16. The summed E-state index contributed by atoms with van der Waals surface area (Å²) in [4.78, 5) is 22.0. The van der Waals surface area contributed by atoms with Crippen molar-refractivity contribution in [1.29, 1.82) is 0 Å². The van der Waals surface area contributed by atoms with Crippen LogP contribution in [-0.4, -0.2) is 23.9 Å². The summed E-state index contributed by atoms with van der Waals surface area (Å²) in [6.07, 6.45) is 4.03. The first-order valence-electron chi connectivity index (χ1n) is 5.73. The average molecular weight is 282 g/mol. The topological polar surface area (TPSA) is 43.4 Å². The Labute approximate surface area is 115 Å². The van der Waals surface area contributed by atoms with Crippen LogP contribution >= 0.6 is 11.8 Å². The Hall–Kier alpha value is -1.62. The first-order valence-corrected chi connectivity index (χ1v) is 6.71. The van der Waals surface area contributed by atoms with Gasteiger partial charge in [0.25, 0.3) is 0 Å². The molecule has 0 radical (unpaired) electrons. The van der Waals surface area contributed by atoms with Crippen molar-refractivity contribution in [2.24, 2.45) is 0 Å². The van der Waals surface area contributed by atoms with Crippen LogP contribution in [0.5, 0.6) is 0 Å². The molecule has 0 amide bonds. The number of ether oxygens (including phenoxy) is 1. The third-order valence-corrected chi connectivity index (χ3v) is 3.17. The monoisotopic (exact) mass is 282 g/mol. The van der Waals surface area contributed by atoms with Gasteiger partial charge in [0.15, 0.2) is 5.12 Å². The Morgan fingerprint density at radius 2 is 2.16 bits per heavy atom. The van der Waals surface area contributed by atoms with Gasteiger partial charge >= 0.3 is 5.97 Å². The van der Waals surface area contributed by atoms with Crippen LogP contribution < -0.4 is 0 Å². The fourth-order valence-corrected chi connectivity index (χ4v) is 1.97. The van der Waals surface area contributed by atoms with E-state index in [9.17, 15) is 14.0 Å². The molecular formula is C14H15FO3S. The van der Waals surface area contributed by atoms with Crippen molar-refractivity contribution < 1.29 is 18.7 Å². The van der Waals surface area contributed by atoms with Crippen molar-refractivity contribution in [2.75, 3.05) is 12.9 Å². The number of carbonyl (C=O) groups is 2. The maximum absolute atomic E-state index is 13.9. The SMILES string of the molecule is COC(=O)c1cccc(C=CCCSC(C)=O)c1F. The maximum atomic E-state index is 13.9. The highest BCUT2D eigenvalue weighted by atomic mass is 32.2. The lowest BCUT2D eigenvalue weighted by Gasteiger charge is -2.03. The van der Waals surface area contributed by atoms with Crippen molar-refractivity contribution in [2.45, 2.75) is 13.3 Å². The summed E-state index contributed by atoms with van der Waals surface area (Å²) in [5.74, 6) is -0.630. The molecule has 0 fully saturated rings. The molecule has 1 aromatic carbocycles. The predicted molar refractivity (Wildman–Crippen MR) is 74.5 cm³/mol. The van der Waals surface area contributed by atoms with Gasteiger partial charge in [0.1, 0.15) is 5.82 Å².